The molecular formula is C13H13N5O2S. The molecule has 5 N–H and O–H groups in total. The van der Waals surface area contributed by atoms with Crippen molar-refractivity contribution >= 4 is 34.1 Å². The standard InChI is InChI=1S/C13H13N5O2S/c1-5-8(19)4-21-13(5)18-10(14)9(11(15)20)7-3-16-6(2)17-12(7)18/h3-4,19H,14H2,1-2H3,(H2,15,20). The number of hydrogen-bond donors (Lipinski definition) is 3. The highest BCUT2D eigenvalue weighted by atomic mass is 32.1. The fourth-order valence-electron chi connectivity index (χ4n) is 2.25. The average Bonchev–Trinajstić information content (AvgIpc) is 2.88. The molecule has 0 aromatic carbocycles. The molecule has 3 heterocycles. The molecule has 0 radical (unpaired) electrons. The molecule has 0 unspecified atom stereocenters. The number of hydrogen-bond acceptors (Lipinski definition) is 6. The summed E-state index contributed by atoms with van der Waals surface area (Å²) in [4.78, 5) is 20.1. The molecule has 3 aromatic heterocycles. The van der Waals surface area contributed by atoms with Crippen molar-refractivity contribution in [2.45, 2.75) is 13.8 Å². The van der Waals surface area contributed by atoms with Crippen LogP contribution in [0.3, 0.4) is 0 Å². The van der Waals surface area contributed by atoms with Crippen molar-refractivity contribution in [1.82, 2.24) is 14.5 Å². The van der Waals surface area contributed by atoms with E-state index in [0.717, 1.165) is 0 Å². The van der Waals surface area contributed by atoms with E-state index in [4.69, 9.17) is 11.5 Å². The molecule has 108 valence electrons. The predicted molar refractivity (Wildman–Crippen MR) is 80.8 cm³/mol. The van der Waals surface area contributed by atoms with E-state index in [0.29, 0.717) is 27.4 Å². The molecular weight excluding hydrogens is 290 g/mol. The number of nitrogens with two attached hydrogens (primary N) is 2. The van der Waals surface area contributed by atoms with Crippen molar-refractivity contribution < 1.29 is 9.90 Å². The van der Waals surface area contributed by atoms with Crippen molar-refractivity contribution in [3.05, 3.63) is 28.5 Å². The predicted octanol–water partition coefficient (Wildman–Crippen LogP) is 1.49. The van der Waals surface area contributed by atoms with Crippen molar-refractivity contribution in [3.8, 4) is 10.8 Å². The molecule has 1 amide bonds. The molecule has 0 spiro atoms. The van der Waals surface area contributed by atoms with E-state index in [1.165, 1.54) is 17.5 Å². The quantitative estimate of drug-likeness (QED) is 0.662. The molecule has 0 bridgehead atoms. The molecule has 0 atom stereocenters. The van der Waals surface area contributed by atoms with Crippen LogP contribution in [0.15, 0.2) is 11.6 Å². The number of nitrogens with zero attached hydrogens (tertiary/aromatic N) is 3. The number of carbonyl (C=O) groups is 1. The first-order valence-electron chi connectivity index (χ1n) is 6.12. The lowest BCUT2D eigenvalue weighted by molar-refractivity contribution is 0.100. The van der Waals surface area contributed by atoms with Gasteiger partial charge in [-0.2, -0.15) is 0 Å². The molecule has 0 fully saturated rings. The van der Waals surface area contributed by atoms with Gasteiger partial charge in [0.2, 0.25) is 0 Å². The Morgan fingerprint density at radius 1 is 1.43 bits per heavy atom. The zero-order valence-electron chi connectivity index (χ0n) is 11.4. The summed E-state index contributed by atoms with van der Waals surface area (Å²) < 4.78 is 1.63. The van der Waals surface area contributed by atoms with E-state index in [-0.39, 0.29) is 17.1 Å². The summed E-state index contributed by atoms with van der Waals surface area (Å²) in [5.41, 5.74) is 12.9. The first-order valence-corrected chi connectivity index (χ1v) is 7.00. The third kappa shape index (κ3) is 1.83. The molecule has 21 heavy (non-hydrogen) atoms. The molecule has 8 heteroatoms. The van der Waals surface area contributed by atoms with Crippen LogP contribution in [-0.2, 0) is 0 Å². The minimum absolute atomic E-state index is 0.169. The fraction of sp³-hybridized carbons (Fsp3) is 0.154. The lowest BCUT2D eigenvalue weighted by Gasteiger charge is -2.06. The molecule has 0 saturated heterocycles. The Morgan fingerprint density at radius 3 is 2.71 bits per heavy atom. The zero-order chi connectivity index (χ0) is 15.3. The van der Waals surface area contributed by atoms with Gasteiger partial charge in [-0.15, -0.1) is 11.3 Å². The van der Waals surface area contributed by atoms with Gasteiger partial charge < -0.3 is 16.6 Å². The third-order valence-corrected chi connectivity index (χ3v) is 4.36. The number of primary amides is 1. The van der Waals surface area contributed by atoms with Crippen LogP contribution in [-0.4, -0.2) is 25.5 Å². The van der Waals surface area contributed by atoms with Gasteiger partial charge in [0.1, 0.15) is 22.4 Å². The number of fused-ring (bicyclic) bond motifs is 1. The highest BCUT2D eigenvalue weighted by Crippen LogP contribution is 2.37. The summed E-state index contributed by atoms with van der Waals surface area (Å²) in [7, 11) is 0. The second kappa shape index (κ2) is 4.45. The van der Waals surface area contributed by atoms with Crippen LogP contribution in [0.1, 0.15) is 21.7 Å². The minimum Gasteiger partial charge on any atom is -0.507 e. The van der Waals surface area contributed by atoms with Crippen molar-refractivity contribution in [1.29, 1.82) is 0 Å². The van der Waals surface area contributed by atoms with E-state index in [1.807, 2.05) is 0 Å². The normalized spacial score (nSPS) is 11.1. The van der Waals surface area contributed by atoms with Gasteiger partial charge in [-0.25, -0.2) is 9.97 Å². The summed E-state index contributed by atoms with van der Waals surface area (Å²) in [5, 5.41) is 12.6. The number of anilines is 1. The fourth-order valence-corrected chi connectivity index (χ4v) is 3.22. The highest BCUT2D eigenvalue weighted by molar-refractivity contribution is 7.13. The molecule has 7 nitrogen and oxygen atoms in total. The average molecular weight is 303 g/mol. The minimum atomic E-state index is -0.637. The zero-order valence-corrected chi connectivity index (χ0v) is 12.2. The topological polar surface area (TPSA) is 120 Å². The van der Waals surface area contributed by atoms with Gasteiger partial charge in [0.05, 0.1) is 10.9 Å². The number of aromatic hydroxyl groups is 1. The van der Waals surface area contributed by atoms with Crippen LogP contribution < -0.4 is 11.5 Å². The van der Waals surface area contributed by atoms with Crippen molar-refractivity contribution in [3.63, 3.8) is 0 Å². The van der Waals surface area contributed by atoms with Crippen LogP contribution in [0.25, 0.3) is 16.0 Å². The Kier molecular flexibility index (Phi) is 2.84. The monoisotopic (exact) mass is 303 g/mol. The van der Waals surface area contributed by atoms with Gasteiger partial charge in [0, 0.05) is 17.1 Å². The maximum absolute atomic E-state index is 11.7. The number of thiophene rings is 1. The first-order chi connectivity index (χ1) is 9.91. The van der Waals surface area contributed by atoms with E-state index >= 15 is 0 Å². The molecule has 0 aliphatic heterocycles. The Morgan fingerprint density at radius 2 is 2.14 bits per heavy atom. The van der Waals surface area contributed by atoms with Gasteiger partial charge >= 0.3 is 0 Å². The molecule has 0 aliphatic carbocycles. The van der Waals surface area contributed by atoms with Crippen molar-refractivity contribution in [2.75, 3.05) is 5.73 Å². The van der Waals surface area contributed by atoms with E-state index in [2.05, 4.69) is 9.97 Å². The maximum Gasteiger partial charge on any atom is 0.253 e. The lowest BCUT2D eigenvalue weighted by Crippen LogP contribution is -2.13. The Bertz CT molecular complexity index is 880. The molecule has 0 aliphatic rings. The van der Waals surface area contributed by atoms with Gasteiger partial charge in [-0.05, 0) is 13.8 Å². The Balaban J connectivity index is 2.47. The van der Waals surface area contributed by atoms with E-state index in [1.54, 1.807) is 23.8 Å². The van der Waals surface area contributed by atoms with Crippen LogP contribution in [0, 0.1) is 13.8 Å². The second-order valence-corrected chi connectivity index (χ2v) is 5.52. The number of rotatable bonds is 2. The number of nitrogen functional groups attached to an aromatic ring is 1. The summed E-state index contributed by atoms with van der Waals surface area (Å²) in [6.07, 6.45) is 1.54. The maximum atomic E-state index is 11.7. The molecule has 3 rings (SSSR count). The number of carbonyl (C=O) groups excluding carboxylic acids is 1. The summed E-state index contributed by atoms with van der Waals surface area (Å²) in [5.74, 6) is 0.280. The lowest BCUT2D eigenvalue weighted by atomic mass is 10.2. The third-order valence-electron chi connectivity index (χ3n) is 3.30. The Labute approximate surface area is 123 Å². The van der Waals surface area contributed by atoms with Gasteiger partial charge in [0.25, 0.3) is 5.91 Å². The van der Waals surface area contributed by atoms with Crippen LogP contribution in [0.4, 0.5) is 5.82 Å². The Hall–Kier alpha value is -2.61. The highest BCUT2D eigenvalue weighted by Gasteiger charge is 2.23. The second-order valence-electron chi connectivity index (χ2n) is 4.67. The summed E-state index contributed by atoms with van der Waals surface area (Å²) in [6.45, 7) is 3.51. The largest absolute Gasteiger partial charge is 0.507 e. The van der Waals surface area contributed by atoms with Gasteiger partial charge in [-0.1, -0.05) is 0 Å². The van der Waals surface area contributed by atoms with Gasteiger partial charge in [-0.3, -0.25) is 9.36 Å². The van der Waals surface area contributed by atoms with E-state index < -0.39 is 5.91 Å². The number of amides is 1. The molecule has 3 aromatic rings. The SMILES string of the molecule is Cc1ncc2c(C(N)=O)c(N)n(-c3scc(O)c3C)c2n1. The smallest absolute Gasteiger partial charge is 0.253 e. The molecule has 0 saturated carbocycles. The van der Waals surface area contributed by atoms with Crippen molar-refractivity contribution in [2.24, 2.45) is 5.73 Å². The summed E-state index contributed by atoms with van der Waals surface area (Å²) in [6, 6.07) is 0. The van der Waals surface area contributed by atoms with Gasteiger partial charge in [0.15, 0.2) is 5.65 Å². The number of aryl methyl sites for hydroxylation is 1. The first kappa shape index (κ1) is 13.4. The number of aromatic nitrogens is 3. The van der Waals surface area contributed by atoms with Crippen LogP contribution in [0.2, 0.25) is 0 Å². The summed E-state index contributed by atoms with van der Waals surface area (Å²) >= 11 is 1.31. The van der Waals surface area contributed by atoms with E-state index in [9.17, 15) is 9.90 Å². The van der Waals surface area contributed by atoms with Crippen LogP contribution >= 0.6 is 11.3 Å². The van der Waals surface area contributed by atoms with Crippen LogP contribution in [0.5, 0.6) is 5.75 Å².